The molecule has 0 rings (SSSR count). The third kappa shape index (κ3) is 3.73. The van der Waals surface area contributed by atoms with E-state index in [4.69, 9.17) is 4.74 Å². The summed E-state index contributed by atoms with van der Waals surface area (Å²) in [6, 6.07) is 0. The van der Waals surface area contributed by atoms with Crippen LogP contribution in [0, 0.1) is 5.92 Å². The van der Waals surface area contributed by atoms with E-state index in [0.29, 0.717) is 0 Å². The van der Waals surface area contributed by atoms with E-state index in [1.54, 1.807) is 6.92 Å². The van der Waals surface area contributed by atoms with Crippen LogP contribution in [-0.2, 0) is 19.1 Å². The van der Waals surface area contributed by atoms with Crippen LogP contribution in [0.4, 0.5) is 0 Å². The van der Waals surface area contributed by atoms with Gasteiger partial charge in [0.15, 0.2) is 0 Å². The number of carbonyl (C=O) groups excluding carboxylic acids is 2. The van der Waals surface area contributed by atoms with Crippen molar-refractivity contribution in [2.24, 2.45) is 5.92 Å². The molecule has 0 aliphatic rings. The van der Waals surface area contributed by atoms with Gasteiger partial charge in [0.1, 0.15) is 6.10 Å². The Kier molecular flexibility index (Phi) is 4.80. The van der Waals surface area contributed by atoms with Crippen molar-refractivity contribution in [1.29, 1.82) is 0 Å². The molecule has 0 saturated heterocycles. The van der Waals surface area contributed by atoms with Crippen molar-refractivity contribution in [3.05, 3.63) is 12.7 Å². The molecule has 0 aromatic carbocycles. The van der Waals surface area contributed by atoms with Crippen molar-refractivity contribution in [2.45, 2.75) is 20.0 Å². The van der Waals surface area contributed by atoms with Crippen LogP contribution in [0.1, 0.15) is 13.8 Å². The molecule has 4 heteroatoms. The van der Waals surface area contributed by atoms with Gasteiger partial charge in [-0.3, -0.25) is 9.59 Å². The first-order valence-corrected chi connectivity index (χ1v) is 3.90. The van der Waals surface area contributed by atoms with Crippen molar-refractivity contribution in [3.63, 3.8) is 0 Å². The van der Waals surface area contributed by atoms with Crippen LogP contribution in [0.3, 0.4) is 0 Å². The Morgan fingerprint density at radius 1 is 1.46 bits per heavy atom. The normalized spacial score (nSPS) is 14.1. The second kappa shape index (κ2) is 5.35. The first kappa shape index (κ1) is 11.7. The largest absolute Gasteiger partial charge is 0.469 e. The van der Waals surface area contributed by atoms with Gasteiger partial charge in [0.05, 0.1) is 13.0 Å². The predicted molar refractivity (Wildman–Crippen MR) is 46.9 cm³/mol. The van der Waals surface area contributed by atoms with Gasteiger partial charge in [0.2, 0.25) is 0 Å². The smallest absolute Gasteiger partial charge is 0.312 e. The first-order chi connectivity index (χ1) is 6.02. The van der Waals surface area contributed by atoms with Crippen LogP contribution >= 0.6 is 0 Å². The highest BCUT2D eigenvalue weighted by Gasteiger charge is 2.24. The van der Waals surface area contributed by atoms with Gasteiger partial charge in [-0.25, -0.2) is 0 Å². The number of rotatable bonds is 4. The number of hydrogen-bond acceptors (Lipinski definition) is 4. The Hall–Kier alpha value is -1.32. The predicted octanol–water partition coefficient (Wildman–Crippen LogP) is 0.913. The lowest BCUT2D eigenvalue weighted by atomic mass is 10.1. The molecule has 0 unspecified atom stereocenters. The maximum absolute atomic E-state index is 11.0. The maximum atomic E-state index is 11.0. The minimum Gasteiger partial charge on any atom is -0.469 e. The molecule has 0 bridgehead atoms. The quantitative estimate of drug-likeness (QED) is 0.483. The fourth-order valence-electron chi connectivity index (χ4n) is 0.866. The summed E-state index contributed by atoms with van der Waals surface area (Å²) in [5.74, 6) is -1.39. The molecule has 74 valence electrons. The first-order valence-electron chi connectivity index (χ1n) is 3.90. The van der Waals surface area contributed by atoms with Gasteiger partial charge in [0.25, 0.3) is 0 Å². The van der Waals surface area contributed by atoms with Gasteiger partial charge in [-0.15, -0.1) is 0 Å². The Bertz CT molecular complexity index is 210. The average molecular weight is 186 g/mol. The second-order valence-electron chi connectivity index (χ2n) is 2.62. The Morgan fingerprint density at radius 2 is 2.00 bits per heavy atom. The average Bonchev–Trinajstić information content (AvgIpc) is 2.11. The van der Waals surface area contributed by atoms with Gasteiger partial charge in [-0.05, 0) is 6.92 Å². The van der Waals surface area contributed by atoms with E-state index in [1.807, 2.05) is 0 Å². The molecule has 0 aromatic rings. The van der Waals surface area contributed by atoms with Crippen LogP contribution in [0.25, 0.3) is 0 Å². The zero-order valence-corrected chi connectivity index (χ0v) is 8.07. The van der Waals surface area contributed by atoms with E-state index < -0.39 is 24.0 Å². The molecule has 0 radical (unpaired) electrons. The Morgan fingerprint density at radius 3 is 2.31 bits per heavy atom. The third-order valence-electron chi connectivity index (χ3n) is 1.60. The Labute approximate surface area is 77.5 Å². The molecule has 0 spiro atoms. The molecular weight excluding hydrogens is 172 g/mol. The van der Waals surface area contributed by atoms with Crippen molar-refractivity contribution in [3.8, 4) is 0 Å². The number of carbonyl (C=O) groups is 2. The van der Waals surface area contributed by atoms with Crippen LogP contribution < -0.4 is 0 Å². The van der Waals surface area contributed by atoms with Crippen molar-refractivity contribution in [2.75, 3.05) is 7.11 Å². The Balaban J connectivity index is 4.30. The monoisotopic (exact) mass is 186 g/mol. The van der Waals surface area contributed by atoms with E-state index in [9.17, 15) is 9.59 Å². The lowest BCUT2D eigenvalue weighted by molar-refractivity contribution is -0.155. The van der Waals surface area contributed by atoms with Crippen LogP contribution in [0.15, 0.2) is 12.7 Å². The summed E-state index contributed by atoms with van der Waals surface area (Å²) < 4.78 is 9.32. The molecule has 4 nitrogen and oxygen atoms in total. The minimum atomic E-state index is -0.620. The molecule has 2 atom stereocenters. The second-order valence-corrected chi connectivity index (χ2v) is 2.62. The highest BCUT2D eigenvalue weighted by molar-refractivity contribution is 5.74. The standard InChI is InChI=1S/C9H14O4/c1-5-8(13-7(3)10)6(2)9(11)12-4/h5-6,8H,1H2,2-4H3/t6-,8+/m0/s1. The number of esters is 2. The van der Waals surface area contributed by atoms with Crippen molar-refractivity contribution < 1.29 is 19.1 Å². The third-order valence-corrected chi connectivity index (χ3v) is 1.60. The van der Waals surface area contributed by atoms with Crippen molar-refractivity contribution in [1.82, 2.24) is 0 Å². The topological polar surface area (TPSA) is 52.6 Å². The molecule has 0 heterocycles. The lowest BCUT2D eigenvalue weighted by Crippen LogP contribution is -2.29. The summed E-state index contributed by atoms with van der Waals surface area (Å²) in [5, 5.41) is 0. The molecule has 0 saturated carbocycles. The summed E-state index contributed by atoms with van der Waals surface area (Å²) in [6.07, 6.45) is 0.785. The summed E-state index contributed by atoms with van der Waals surface area (Å²) in [4.78, 5) is 21.6. The summed E-state index contributed by atoms with van der Waals surface area (Å²) in [7, 11) is 1.28. The highest BCUT2D eigenvalue weighted by atomic mass is 16.6. The fourth-order valence-corrected chi connectivity index (χ4v) is 0.866. The van der Waals surface area contributed by atoms with Crippen LogP contribution in [-0.4, -0.2) is 25.2 Å². The van der Waals surface area contributed by atoms with E-state index >= 15 is 0 Å². The molecule has 0 fully saturated rings. The zero-order valence-electron chi connectivity index (χ0n) is 8.07. The van der Waals surface area contributed by atoms with E-state index in [2.05, 4.69) is 11.3 Å². The molecular formula is C9H14O4. The van der Waals surface area contributed by atoms with Gasteiger partial charge >= 0.3 is 11.9 Å². The molecule has 0 aliphatic carbocycles. The van der Waals surface area contributed by atoms with E-state index in [0.717, 1.165) is 0 Å². The van der Waals surface area contributed by atoms with Crippen molar-refractivity contribution >= 4 is 11.9 Å². The zero-order chi connectivity index (χ0) is 10.4. The SMILES string of the molecule is C=C[C@@H](OC(C)=O)[C@H](C)C(=O)OC. The molecule has 0 N–H and O–H groups in total. The van der Waals surface area contributed by atoms with Gasteiger partial charge < -0.3 is 9.47 Å². The number of methoxy groups -OCH3 is 1. The number of ether oxygens (including phenoxy) is 2. The van der Waals surface area contributed by atoms with Crippen LogP contribution in [0.2, 0.25) is 0 Å². The molecule has 0 aromatic heterocycles. The van der Waals surface area contributed by atoms with Gasteiger partial charge in [-0.1, -0.05) is 12.7 Å². The fraction of sp³-hybridized carbons (Fsp3) is 0.556. The molecule has 0 amide bonds. The van der Waals surface area contributed by atoms with E-state index in [1.165, 1.54) is 20.1 Å². The summed E-state index contributed by atoms with van der Waals surface area (Å²) in [5.41, 5.74) is 0. The van der Waals surface area contributed by atoms with Gasteiger partial charge in [-0.2, -0.15) is 0 Å². The lowest BCUT2D eigenvalue weighted by Gasteiger charge is -2.17. The maximum Gasteiger partial charge on any atom is 0.312 e. The summed E-state index contributed by atoms with van der Waals surface area (Å²) >= 11 is 0. The highest BCUT2D eigenvalue weighted by Crippen LogP contribution is 2.10. The summed E-state index contributed by atoms with van der Waals surface area (Å²) in [6.45, 7) is 6.36. The molecule has 13 heavy (non-hydrogen) atoms. The minimum absolute atomic E-state index is 0.425. The van der Waals surface area contributed by atoms with Gasteiger partial charge in [0, 0.05) is 6.92 Å². The van der Waals surface area contributed by atoms with E-state index in [-0.39, 0.29) is 0 Å². The molecule has 0 aliphatic heterocycles. The number of hydrogen-bond donors (Lipinski definition) is 0. The van der Waals surface area contributed by atoms with Crippen LogP contribution in [0.5, 0.6) is 0 Å².